The van der Waals surface area contributed by atoms with Crippen molar-refractivity contribution in [2.45, 2.75) is 0 Å². The molecule has 13 heavy (non-hydrogen) atoms. The molecule has 66 valence electrons. The largest absolute Gasteiger partial charge is 0.397 e. The van der Waals surface area contributed by atoms with Crippen molar-refractivity contribution < 1.29 is 0 Å². The highest BCUT2D eigenvalue weighted by Crippen LogP contribution is 2.29. The second-order valence-electron chi connectivity index (χ2n) is 2.69. The minimum Gasteiger partial charge on any atom is -0.397 e. The van der Waals surface area contributed by atoms with E-state index in [-0.39, 0.29) is 0 Å². The zero-order valence-electron chi connectivity index (χ0n) is 6.59. The topological polar surface area (TPSA) is 38.9 Å². The van der Waals surface area contributed by atoms with Gasteiger partial charge in [-0.15, -0.1) is 0 Å². The molecule has 1 heterocycles. The van der Waals surface area contributed by atoms with E-state index < -0.39 is 0 Å². The average Bonchev–Trinajstić information content (AvgIpc) is 2.12. The third-order valence-electron chi connectivity index (χ3n) is 1.79. The third-order valence-corrected chi connectivity index (χ3v) is 3.17. The monoisotopic (exact) mass is 300 g/mol. The molecule has 0 saturated carbocycles. The molecule has 0 amide bonds. The van der Waals surface area contributed by atoms with Crippen molar-refractivity contribution in [3.05, 3.63) is 33.3 Å². The second kappa shape index (κ2) is 3.27. The zero-order valence-corrected chi connectivity index (χ0v) is 9.76. The zero-order chi connectivity index (χ0) is 9.42. The standard InChI is InChI=1S/C9H6Br2N2/c10-5-1-2-6-8(3-5)13-4-7(12)9(6)11/h1-4H,12H2. The minimum atomic E-state index is 0.662. The molecular weight excluding hydrogens is 296 g/mol. The first-order valence-electron chi connectivity index (χ1n) is 3.68. The van der Waals surface area contributed by atoms with E-state index in [9.17, 15) is 0 Å². The SMILES string of the molecule is Nc1cnc2cc(Br)ccc2c1Br. The summed E-state index contributed by atoms with van der Waals surface area (Å²) < 4.78 is 1.93. The number of anilines is 1. The first kappa shape index (κ1) is 8.97. The van der Waals surface area contributed by atoms with E-state index in [1.165, 1.54) is 0 Å². The highest BCUT2D eigenvalue weighted by atomic mass is 79.9. The summed E-state index contributed by atoms with van der Waals surface area (Å²) in [6, 6.07) is 5.90. The molecule has 1 aromatic carbocycles. The maximum atomic E-state index is 5.70. The minimum absolute atomic E-state index is 0.662. The first-order valence-corrected chi connectivity index (χ1v) is 5.26. The van der Waals surface area contributed by atoms with Gasteiger partial charge >= 0.3 is 0 Å². The fraction of sp³-hybridized carbons (Fsp3) is 0. The van der Waals surface area contributed by atoms with Crippen molar-refractivity contribution in [2.24, 2.45) is 0 Å². The summed E-state index contributed by atoms with van der Waals surface area (Å²) >= 11 is 6.81. The van der Waals surface area contributed by atoms with Crippen molar-refractivity contribution >= 4 is 48.5 Å². The molecule has 0 spiro atoms. The molecule has 2 rings (SSSR count). The Labute approximate surface area is 92.4 Å². The van der Waals surface area contributed by atoms with Gasteiger partial charge in [0.1, 0.15) is 0 Å². The maximum Gasteiger partial charge on any atom is 0.0726 e. The Balaban J connectivity index is 2.87. The molecule has 2 aromatic rings. The Morgan fingerprint density at radius 3 is 2.77 bits per heavy atom. The van der Waals surface area contributed by atoms with Crippen LogP contribution < -0.4 is 5.73 Å². The van der Waals surface area contributed by atoms with E-state index in [1.54, 1.807) is 6.20 Å². The van der Waals surface area contributed by atoms with E-state index in [2.05, 4.69) is 36.8 Å². The molecule has 0 atom stereocenters. The van der Waals surface area contributed by atoms with Crippen molar-refractivity contribution in [3.8, 4) is 0 Å². The van der Waals surface area contributed by atoms with Gasteiger partial charge in [-0.25, -0.2) is 0 Å². The second-order valence-corrected chi connectivity index (χ2v) is 4.40. The lowest BCUT2D eigenvalue weighted by molar-refractivity contribution is 1.40. The van der Waals surface area contributed by atoms with Gasteiger partial charge in [0.15, 0.2) is 0 Å². The number of nitrogen functional groups attached to an aromatic ring is 1. The average molecular weight is 302 g/mol. The number of nitrogens with two attached hydrogens (primary N) is 1. The van der Waals surface area contributed by atoms with Gasteiger partial charge < -0.3 is 5.73 Å². The number of aromatic nitrogens is 1. The molecule has 0 fully saturated rings. The van der Waals surface area contributed by atoms with Gasteiger partial charge in [0.25, 0.3) is 0 Å². The molecule has 0 aliphatic carbocycles. The van der Waals surface area contributed by atoms with Gasteiger partial charge in [-0.1, -0.05) is 22.0 Å². The molecule has 0 saturated heterocycles. The van der Waals surface area contributed by atoms with Gasteiger partial charge in [0.2, 0.25) is 0 Å². The highest BCUT2D eigenvalue weighted by Gasteiger charge is 2.03. The fourth-order valence-corrected chi connectivity index (χ4v) is 1.94. The van der Waals surface area contributed by atoms with E-state index >= 15 is 0 Å². The van der Waals surface area contributed by atoms with Gasteiger partial charge in [-0.3, -0.25) is 4.98 Å². The Kier molecular flexibility index (Phi) is 2.26. The number of rotatable bonds is 0. The van der Waals surface area contributed by atoms with Crippen LogP contribution in [0.2, 0.25) is 0 Å². The number of fused-ring (bicyclic) bond motifs is 1. The number of hydrogen-bond donors (Lipinski definition) is 1. The molecule has 2 nitrogen and oxygen atoms in total. The van der Waals surface area contributed by atoms with Crippen molar-refractivity contribution in [1.82, 2.24) is 4.98 Å². The molecular formula is C9H6Br2N2. The number of benzene rings is 1. The first-order chi connectivity index (χ1) is 6.18. The van der Waals surface area contributed by atoms with Crippen molar-refractivity contribution in [2.75, 3.05) is 5.73 Å². The quantitative estimate of drug-likeness (QED) is 0.810. The van der Waals surface area contributed by atoms with Gasteiger partial charge in [0, 0.05) is 9.86 Å². The van der Waals surface area contributed by atoms with Gasteiger partial charge in [-0.2, -0.15) is 0 Å². The van der Waals surface area contributed by atoms with Gasteiger partial charge in [0.05, 0.1) is 21.9 Å². The predicted molar refractivity (Wildman–Crippen MR) is 61.6 cm³/mol. The lowest BCUT2D eigenvalue weighted by Crippen LogP contribution is -1.89. The van der Waals surface area contributed by atoms with Crippen LogP contribution in [0.15, 0.2) is 33.3 Å². The summed E-state index contributed by atoms with van der Waals surface area (Å²) in [5.41, 5.74) is 7.29. The van der Waals surface area contributed by atoms with Crippen LogP contribution >= 0.6 is 31.9 Å². The molecule has 0 radical (unpaired) electrons. The lowest BCUT2D eigenvalue weighted by Gasteiger charge is -2.02. The summed E-state index contributed by atoms with van der Waals surface area (Å²) in [4.78, 5) is 4.22. The number of nitrogens with zero attached hydrogens (tertiary/aromatic N) is 1. The number of halogens is 2. The molecule has 2 N–H and O–H groups in total. The Morgan fingerprint density at radius 2 is 2.00 bits per heavy atom. The smallest absolute Gasteiger partial charge is 0.0726 e. The van der Waals surface area contributed by atoms with Crippen LogP contribution in [-0.4, -0.2) is 4.98 Å². The molecule has 1 aromatic heterocycles. The summed E-state index contributed by atoms with van der Waals surface area (Å²) in [5.74, 6) is 0. The van der Waals surface area contributed by atoms with Crippen LogP contribution in [0.4, 0.5) is 5.69 Å². The Hall–Kier alpha value is -0.610. The van der Waals surface area contributed by atoms with Crippen molar-refractivity contribution in [1.29, 1.82) is 0 Å². The fourth-order valence-electron chi connectivity index (χ4n) is 1.15. The third kappa shape index (κ3) is 1.56. The molecule has 4 heteroatoms. The number of pyridine rings is 1. The van der Waals surface area contributed by atoms with E-state index in [1.807, 2.05) is 18.2 Å². The summed E-state index contributed by atoms with van der Waals surface area (Å²) in [6.45, 7) is 0. The molecule has 0 aliphatic heterocycles. The van der Waals surface area contributed by atoms with E-state index in [0.29, 0.717) is 5.69 Å². The van der Waals surface area contributed by atoms with E-state index in [0.717, 1.165) is 19.8 Å². The van der Waals surface area contributed by atoms with Crippen LogP contribution in [-0.2, 0) is 0 Å². The van der Waals surface area contributed by atoms with Crippen LogP contribution in [0.5, 0.6) is 0 Å². The Bertz CT molecular complexity index is 468. The van der Waals surface area contributed by atoms with Crippen molar-refractivity contribution in [3.63, 3.8) is 0 Å². The molecule has 0 bridgehead atoms. The van der Waals surface area contributed by atoms with Crippen LogP contribution in [0.1, 0.15) is 0 Å². The summed E-state index contributed by atoms with van der Waals surface area (Å²) in [7, 11) is 0. The normalized spacial score (nSPS) is 10.6. The van der Waals surface area contributed by atoms with Crippen LogP contribution in [0, 0.1) is 0 Å². The lowest BCUT2D eigenvalue weighted by atomic mass is 10.2. The molecule has 0 aliphatic rings. The summed E-state index contributed by atoms with van der Waals surface area (Å²) in [6.07, 6.45) is 1.65. The Morgan fingerprint density at radius 1 is 1.23 bits per heavy atom. The van der Waals surface area contributed by atoms with Crippen LogP contribution in [0.3, 0.4) is 0 Å². The van der Waals surface area contributed by atoms with Gasteiger partial charge in [-0.05, 0) is 28.1 Å². The number of hydrogen-bond acceptors (Lipinski definition) is 2. The predicted octanol–water partition coefficient (Wildman–Crippen LogP) is 3.34. The molecule has 0 unspecified atom stereocenters. The van der Waals surface area contributed by atoms with E-state index in [4.69, 9.17) is 5.73 Å². The highest BCUT2D eigenvalue weighted by molar-refractivity contribution is 9.11. The maximum absolute atomic E-state index is 5.70. The van der Waals surface area contributed by atoms with Crippen LogP contribution in [0.25, 0.3) is 10.9 Å². The summed E-state index contributed by atoms with van der Waals surface area (Å²) in [5, 5.41) is 1.03.